The molecule has 2 nitrogen and oxygen atoms in total. The SMILES string of the molecule is CCC(CSC)N(C)CCC(C)c1ccc(N)cc1. The Kier molecular flexibility index (Phi) is 7.32. The van der Waals surface area contributed by atoms with Gasteiger partial charge in [-0.3, -0.25) is 0 Å². The Labute approximate surface area is 122 Å². The fourth-order valence-electron chi connectivity index (χ4n) is 2.32. The Morgan fingerprint density at radius 3 is 2.42 bits per heavy atom. The van der Waals surface area contributed by atoms with E-state index < -0.39 is 0 Å². The smallest absolute Gasteiger partial charge is 0.0314 e. The fraction of sp³-hybridized carbons (Fsp3) is 0.625. The van der Waals surface area contributed by atoms with Gasteiger partial charge in [0.2, 0.25) is 0 Å². The number of anilines is 1. The van der Waals surface area contributed by atoms with Gasteiger partial charge < -0.3 is 10.6 Å². The minimum Gasteiger partial charge on any atom is -0.399 e. The molecule has 19 heavy (non-hydrogen) atoms. The third kappa shape index (κ3) is 5.45. The molecule has 0 spiro atoms. The predicted octanol–water partition coefficient (Wildman–Crippen LogP) is 3.84. The highest BCUT2D eigenvalue weighted by molar-refractivity contribution is 7.98. The summed E-state index contributed by atoms with van der Waals surface area (Å²) < 4.78 is 0. The molecule has 108 valence electrons. The van der Waals surface area contributed by atoms with Gasteiger partial charge in [0.05, 0.1) is 0 Å². The standard InChI is InChI=1S/C16H28N2S/c1-5-16(12-19-4)18(3)11-10-13(2)14-6-8-15(17)9-7-14/h6-9,13,16H,5,10-12,17H2,1-4H3. The van der Waals surface area contributed by atoms with E-state index in [1.165, 1.54) is 24.2 Å². The summed E-state index contributed by atoms with van der Waals surface area (Å²) in [4.78, 5) is 2.50. The molecule has 0 aliphatic carbocycles. The van der Waals surface area contributed by atoms with Gasteiger partial charge >= 0.3 is 0 Å². The maximum Gasteiger partial charge on any atom is 0.0314 e. The minimum absolute atomic E-state index is 0.592. The van der Waals surface area contributed by atoms with Gasteiger partial charge in [-0.25, -0.2) is 0 Å². The molecule has 0 saturated carbocycles. The Morgan fingerprint density at radius 2 is 1.89 bits per heavy atom. The molecule has 0 amide bonds. The molecule has 0 bridgehead atoms. The number of rotatable bonds is 8. The molecule has 0 aliphatic rings. The molecule has 0 aromatic heterocycles. The van der Waals surface area contributed by atoms with Gasteiger partial charge in [-0.1, -0.05) is 26.0 Å². The zero-order chi connectivity index (χ0) is 14.3. The maximum absolute atomic E-state index is 5.73. The summed E-state index contributed by atoms with van der Waals surface area (Å²) >= 11 is 1.94. The zero-order valence-electron chi connectivity index (χ0n) is 12.7. The molecule has 1 aromatic carbocycles. The second kappa shape index (κ2) is 8.49. The summed E-state index contributed by atoms with van der Waals surface area (Å²) in [6.45, 7) is 5.74. The van der Waals surface area contributed by atoms with Crippen LogP contribution in [-0.4, -0.2) is 36.5 Å². The lowest BCUT2D eigenvalue weighted by Crippen LogP contribution is -2.34. The highest BCUT2D eigenvalue weighted by atomic mass is 32.2. The largest absolute Gasteiger partial charge is 0.399 e. The van der Waals surface area contributed by atoms with Crippen molar-refractivity contribution in [3.63, 3.8) is 0 Å². The molecular weight excluding hydrogens is 252 g/mol. The number of thioether (sulfide) groups is 1. The van der Waals surface area contributed by atoms with E-state index in [0.29, 0.717) is 12.0 Å². The lowest BCUT2D eigenvalue weighted by atomic mass is 9.97. The van der Waals surface area contributed by atoms with Crippen LogP contribution in [0.25, 0.3) is 0 Å². The molecule has 2 atom stereocenters. The molecule has 1 rings (SSSR count). The molecular formula is C16H28N2S. The zero-order valence-corrected chi connectivity index (χ0v) is 13.5. The minimum atomic E-state index is 0.592. The average molecular weight is 280 g/mol. The van der Waals surface area contributed by atoms with E-state index >= 15 is 0 Å². The van der Waals surface area contributed by atoms with Crippen molar-refractivity contribution in [2.24, 2.45) is 0 Å². The van der Waals surface area contributed by atoms with Crippen molar-refractivity contribution < 1.29 is 0 Å². The van der Waals surface area contributed by atoms with Crippen LogP contribution in [0.4, 0.5) is 5.69 Å². The predicted molar refractivity (Wildman–Crippen MR) is 89.0 cm³/mol. The van der Waals surface area contributed by atoms with E-state index in [0.717, 1.165) is 12.2 Å². The molecule has 2 unspecified atom stereocenters. The maximum atomic E-state index is 5.73. The first kappa shape index (κ1) is 16.4. The quantitative estimate of drug-likeness (QED) is 0.734. The van der Waals surface area contributed by atoms with Crippen molar-refractivity contribution in [3.05, 3.63) is 29.8 Å². The lowest BCUT2D eigenvalue weighted by molar-refractivity contribution is 0.248. The van der Waals surface area contributed by atoms with Gasteiger partial charge in [0, 0.05) is 17.5 Å². The first-order valence-electron chi connectivity index (χ1n) is 7.13. The van der Waals surface area contributed by atoms with Crippen LogP contribution in [0.1, 0.15) is 38.2 Å². The summed E-state index contributed by atoms with van der Waals surface area (Å²) in [6.07, 6.45) is 4.62. The second-order valence-corrected chi connectivity index (χ2v) is 6.27. The Hall–Kier alpha value is -0.670. The van der Waals surface area contributed by atoms with E-state index in [4.69, 9.17) is 5.73 Å². The van der Waals surface area contributed by atoms with Gasteiger partial charge in [0.1, 0.15) is 0 Å². The monoisotopic (exact) mass is 280 g/mol. The molecule has 3 heteroatoms. The van der Waals surface area contributed by atoms with Crippen molar-refractivity contribution >= 4 is 17.4 Å². The van der Waals surface area contributed by atoms with E-state index in [1.807, 2.05) is 23.9 Å². The number of hydrogen-bond donors (Lipinski definition) is 1. The van der Waals surface area contributed by atoms with Gasteiger partial charge in [-0.15, -0.1) is 0 Å². The lowest BCUT2D eigenvalue weighted by Gasteiger charge is -2.27. The normalized spacial score (nSPS) is 14.6. The summed E-state index contributed by atoms with van der Waals surface area (Å²) in [7, 11) is 2.25. The average Bonchev–Trinajstić information content (AvgIpc) is 2.42. The third-order valence-electron chi connectivity index (χ3n) is 3.87. The highest BCUT2D eigenvalue weighted by Gasteiger charge is 2.13. The molecule has 0 fully saturated rings. The number of nitrogen functional groups attached to an aromatic ring is 1. The number of nitrogens with zero attached hydrogens (tertiary/aromatic N) is 1. The van der Waals surface area contributed by atoms with Crippen LogP contribution in [0.2, 0.25) is 0 Å². The van der Waals surface area contributed by atoms with E-state index in [-0.39, 0.29) is 0 Å². The van der Waals surface area contributed by atoms with E-state index in [1.54, 1.807) is 0 Å². The topological polar surface area (TPSA) is 29.3 Å². The number of nitrogens with two attached hydrogens (primary N) is 1. The van der Waals surface area contributed by atoms with Gasteiger partial charge in [0.15, 0.2) is 0 Å². The Morgan fingerprint density at radius 1 is 1.26 bits per heavy atom. The molecule has 0 saturated heterocycles. The van der Waals surface area contributed by atoms with Gasteiger partial charge in [0.25, 0.3) is 0 Å². The molecule has 1 aromatic rings. The van der Waals surface area contributed by atoms with Crippen LogP contribution in [-0.2, 0) is 0 Å². The number of benzene rings is 1. The van der Waals surface area contributed by atoms with Crippen LogP contribution in [0.15, 0.2) is 24.3 Å². The number of hydrogen-bond acceptors (Lipinski definition) is 3. The first-order valence-corrected chi connectivity index (χ1v) is 8.52. The molecule has 0 heterocycles. The van der Waals surface area contributed by atoms with Crippen molar-refractivity contribution in [1.82, 2.24) is 4.90 Å². The van der Waals surface area contributed by atoms with Crippen LogP contribution in [0.3, 0.4) is 0 Å². The summed E-state index contributed by atoms with van der Waals surface area (Å²) in [6, 6.07) is 9.00. The fourth-order valence-corrected chi connectivity index (χ4v) is 3.20. The summed E-state index contributed by atoms with van der Waals surface area (Å²) in [5.74, 6) is 1.82. The van der Waals surface area contributed by atoms with E-state index in [2.05, 4.69) is 44.2 Å². The Balaban J connectivity index is 2.44. The van der Waals surface area contributed by atoms with Crippen LogP contribution in [0, 0.1) is 0 Å². The highest BCUT2D eigenvalue weighted by Crippen LogP contribution is 2.21. The van der Waals surface area contributed by atoms with E-state index in [9.17, 15) is 0 Å². The molecule has 0 aliphatic heterocycles. The second-order valence-electron chi connectivity index (χ2n) is 5.35. The van der Waals surface area contributed by atoms with Crippen molar-refractivity contribution in [2.75, 3.05) is 31.3 Å². The van der Waals surface area contributed by atoms with Gasteiger partial charge in [-0.2, -0.15) is 11.8 Å². The van der Waals surface area contributed by atoms with Crippen molar-refractivity contribution in [2.45, 2.75) is 38.6 Å². The third-order valence-corrected chi connectivity index (χ3v) is 4.59. The molecule has 2 N–H and O–H groups in total. The molecule has 0 radical (unpaired) electrons. The first-order chi connectivity index (χ1) is 9.08. The van der Waals surface area contributed by atoms with Crippen LogP contribution in [0.5, 0.6) is 0 Å². The van der Waals surface area contributed by atoms with Crippen LogP contribution < -0.4 is 5.73 Å². The summed E-state index contributed by atoms with van der Waals surface area (Å²) in [5, 5.41) is 0. The van der Waals surface area contributed by atoms with Crippen LogP contribution >= 0.6 is 11.8 Å². The van der Waals surface area contributed by atoms with Gasteiger partial charge in [-0.05, 0) is 56.3 Å². The summed E-state index contributed by atoms with van der Waals surface area (Å²) in [5.41, 5.74) is 7.97. The van der Waals surface area contributed by atoms with Crippen molar-refractivity contribution in [3.8, 4) is 0 Å². The van der Waals surface area contributed by atoms with Crippen molar-refractivity contribution in [1.29, 1.82) is 0 Å². The Bertz CT molecular complexity index is 350.